The van der Waals surface area contributed by atoms with E-state index in [1.165, 1.54) is 6.07 Å². The largest absolute Gasteiger partial charge is 0.337 e. The number of hydrogen-bond donors (Lipinski definition) is 0. The molecule has 146 valence electrons. The molecule has 0 aliphatic heterocycles. The molecule has 0 N–H and O–H groups in total. The lowest BCUT2D eigenvalue weighted by Gasteiger charge is -2.29. The van der Waals surface area contributed by atoms with Gasteiger partial charge in [-0.2, -0.15) is 0 Å². The minimum absolute atomic E-state index is 0.0150. The van der Waals surface area contributed by atoms with E-state index in [0.717, 1.165) is 11.4 Å². The Labute approximate surface area is 165 Å². The van der Waals surface area contributed by atoms with Gasteiger partial charge in [0.2, 0.25) is 5.91 Å². The quantitative estimate of drug-likeness (QED) is 0.605. The summed E-state index contributed by atoms with van der Waals surface area (Å²) < 4.78 is 16.5. The number of nitrogens with zero attached hydrogens (tertiary/aromatic N) is 3. The van der Waals surface area contributed by atoms with Crippen molar-refractivity contribution in [1.29, 1.82) is 0 Å². The van der Waals surface area contributed by atoms with Gasteiger partial charge in [-0.05, 0) is 31.0 Å². The normalized spacial score (nSPS) is 12.2. The predicted molar refractivity (Wildman–Crippen MR) is 108 cm³/mol. The highest BCUT2D eigenvalue weighted by molar-refractivity contribution is 5.78. The van der Waals surface area contributed by atoms with Crippen LogP contribution in [-0.4, -0.2) is 26.4 Å². The standard InChI is InChI=1S/C23H26FN3O/c1-17(2)27(16-22-25-13-14-26(22)3)23(28)15-20(18-9-5-4-6-10-18)19-11-7-8-12-21(19)24/h4-14,17,20H,15-16H2,1-3H3/t20-/m0/s1. The molecular formula is C23H26FN3O. The smallest absolute Gasteiger partial charge is 0.224 e. The molecule has 1 atom stereocenters. The Hall–Kier alpha value is -2.95. The van der Waals surface area contributed by atoms with Gasteiger partial charge in [-0.15, -0.1) is 0 Å². The fourth-order valence-corrected chi connectivity index (χ4v) is 3.40. The second-order valence-corrected chi connectivity index (χ2v) is 7.26. The van der Waals surface area contributed by atoms with Crippen LogP contribution in [0.15, 0.2) is 67.0 Å². The van der Waals surface area contributed by atoms with Gasteiger partial charge in [0.15, 0.2) is 0 Å². The van der Waals surface area contributed by atoms with Crippen molar-refractivity contribution in [3.63, 3.8) is 0 Å². The SMILES string of the molecule is CC(C)N(Cc1nccn1C)C(=O)C[C@@H](c1ccccc1)c1ccccc1F. The second-order valence-electron chi connectivity index (χ2n) is 7.26. The number of hydrogen-bond acceptors (Lipinski definition) is 2. The van der Waals surface area contributed by atoms with Crippen LogP contribution in [0.5, 0.6) is 0 Å². The van der Waals surface area contributed by atoms with Gasteiger partial charge in [-0.3, -0.25) is 4.79 Å². The average molecular weight is 379 g/mol. The fraction of sp³-hybridized carbons (Fsp3) is 0.304. The first-order chi connectivity index (χ1) is 13.5. The van der Waals surface area contributed by atoms with E-state index in [-0.39, 0.29) is 30.1 Å². The number of imidazole rings is 1. The highest BCUT2D eigenvalue weighted by Gasteiger charge is 2.26. The minimum atomic E-state index is -0.336. The summed E-state index contributed by atoms with van der Waals surface area (Å²) in [6.07, 6.45) is 3.79. The lowest BCUT2D eigenvalue weighted by Crippen LogP contribution is -2.38. The molecule has 1 heterocycles. The summed E-state index contributed by atoms with van der Waals surface area (Å²) in [5, 5.41) is 0. The van der Waals surface area contributed by atoms with Crippen LogP contribution in [0.25, 0.3) is 0 Å². The first kappa shape index (κ1) is 19.8. The van der Waals surface area contributed by atoms with Crippen LogP contribution >= 0.6 is 0 Å². The zero-order chi connectivity index (χ0) is 20.1. The lowest BCUT2D eigenvalue weighted by atomic mass is 9.87. The van der Waals surface area contributed by atoms with Crippen LogP contribution in [0.1, 0.15) is 43.1 Å². The van der Waals surface area contributed by atoms with E-state index in [9.17, 15) is 9.18 Å². The van der Waals surface area contributed by atoms with Gasteiger partial charge < -0.3 is 9.47 Å². The summed E-state index contributed by atoms with van der Waals surface area (Å²) in [6.45, 7) is 4.40. The highest BCUT2D eigenvalue weighted by atomic mass is 19.1. The van der Waals surface area contributed by atoms with Crippen LogP contribution in [0.4, 0.5) is 4.39 Å². The van der Waals surface area contributed by atoms with Crippen molar-refractivity contribution in [2.45, 2.75) is 38.8 Å². The van der Waals surface area contributed by atoms with E-state index in [0.29, 0.717) is 12.1 Å². The lowest BCUT2D eigenvalue weighted by molar-refractivity contribution is -0.134. The topological polar surface area (TPSA) is 38.1 Å². The molecule has 0 radical (unpaired) electrons. The van der Waals surface area contributed by atoms with Gasteiger partial charge in [-0.25, -0.2) is 9.37 Å². The summed E-state index contributed by atoms with van der Waals surface area (Å²) in [5.41, 5.74) is 1.48. The molecule has 2 aromatic carbocycles. The van der Waals surface area contributed by atoms with Crippen molar-refractivity contribution in [3.05, 3.63) is 89.8 Å². The van der Waals surface area contributed by atoms with E-state index >= 15 is 0 Å². The molecule has 0 saturated carbocycles. The molecule has 0 fully saturated rings. The van der Waals surface area contributed by atoms with E-state index in [1.807, 2.05) is 68.1 Å². The van der Waals surface area contributed by atoms with Crippen molar-refractivity contribution in [3.8, 4) is 0 Å². The molecule has 0 bridgehead atoms. The Bertz CT molecular complexity index is 920. The number of benzene rings is 2. The molecule has 3 aromatic rings. The van der Waals surface area contributed by atoms with Gasteiger partial charge in [0.25, 0.3) is 0 Å². The van der Waals surface area contributed by atoms with Gasteiger partial charge in [0.05, 0.1) is 6.54 Å². The Kier molecular flexibility index (Phi) is 6.24. The Morgan fingerprint density at radius 1 is 1.11 bits per heavy atom. The first-order valence-electron chi connectivity index (χ1n) is 9.52. The van der Waals surface area contributed by atoms with Crippen LogP contribution in [0, 0.1) is 5.82 Å². The molecule has 3 rings (SSSR count). The van der Waals surface area contributed by atoms with Gasteiger partial charge in [-0.1, -0.05) is 48.5 Å². The number of aromatic nitrogens is 2. The van der Waals surface area contributed by atoms with Crippen molar-refractivity contribution < 1.29 is 9.18 Å². The number of carbonyl (C=O) groups excluding carboxylic acids is 1. The van der Waals surface area contributed by atoms with E-state index < -0.39 is 0 Å². The molecule has 0 saturated heterocycles. The van der Waals surface area contributed by atoms with Crippen LogP contribution in [0.2, 0.25) is 0 Å². The highest BCUT2D eigenvalue weighted by Crippen LogP contribution is 2.31. The first-order valence-corrected chi connectivity index (χ1v) is 9.52. The number of carbonyl (C=O) groups is 1. The number of rotatable bonds is 7. The summed E-state index contributed by atoms with van der Waals surface area (Å²) in [7, 11) is 1.91. The summed E-state index contributed by atoms with van der Waals surface area (Å²) in [6, 6.07) is 16.4. The maximum Gasteiger partial charge on any atom is 0.224 e. The molecule has 1 aromatic heterocycles. The fourth-order valence-electron chi connectivity index (χ4n) is 3.40. The number of amides is 1. The zero-order valence-electron chi connectivity index (χ0n) is 16.5. The maximum absolute atomic E-state index is 14.6. The molecule has 0 aliphatic carbocycles. The van der Waals surface area contributed by atoms with E-state index in [4.69, 9.17) is 0 Å². The molecule has 5 heteroatoms. The molecule has 0 unspecified atom stereocenters. The van der Waals surface area contributed by atoms with Gasteiger partial charge in [0.1, 0.15) is 11.6 Å². The summed E-state index contributed by atoms with van der Waals surface area (Å²) in [5.74, 6) is 0.182. The molecule has 0 aliphatic rings. The summed E-state index contributed by atoms with van der Waals surface area (Å²) >= 11 is 0. The van der Waals surface area contributed by atoms with Gasteiger partial charge in [0, 0.05) is 37.8 Å². The van der Waals surface area contributed by atoms with Crippen molar-refractivity contribution >= 4 is 5.91 Å². The Balaban J connectivity index is 1.89. The van der Waals surface area contributed by atoms with E-state index in [1.54, 1.807) is 23.2 Å². The van der Waals surface area contributed by atoms with Crippen molar-refractivity contribution in [2.24, 2.45) is 7.05 Å². The Morgan fingerprint density at radius 3 is 2.39 bits per heavy atom. The maximum atomic E-state index is 14.6. The average Bonchev–Trinajstić information content (AvgIpc) is 3.10. The van der Waals surface area contributed by atoms with Crippen LogP contribution in [0.3, 0.4) is 0 Å². The molecular weight excluding hydrogens is 353 g/mol. The predicted octanol–water partition coefficient (Wildman–Crippen LogP) is 4.52. The summed E-state index contributed by atoms with van der Waals surface area (Å²) in [4.78, 5) is 19.4. The second kappa shape index (κ2) is 8.83. The van der Waals surface area contributed by atoms with Crippen LogP contribution in [-0.2, 0) is 18.4 Å². The molecule has 4 nitrogen and oxygen atoms in total. The van der Waals surface area contributed by atoms with Crippen molar-refractivity contribution in [2.75, 3.05) is 0 Å². The van der Waals surface area contributed by atoms with E-state index in [2.05, 4.69) is 4.98 Å². The van der Waals surface area contributed by atoms with Crippen LogP contribution < -0.4 is 0 Å². The van der Waals surface area contributed by atoms with Crippen molar-refractivity contribution in [1.82, 2.24) is 14.5 Å². The monoisotopic (exact) mass is 379 g/mol. The third kappa shape index (κ3) is 4.47. The molecule has 1 amide bonds. The molecule has 28 heavy (non-hydrogen) atoms. The minimum Gasteiger partial charge on any atom is -0.337 e. The number of halogens is 1. The number of aryl methyl sites for hydroxylation is 1. The Morgan fingerprint density at radius 2 is 1.79 bits per heavy atom. The molecule has 0 spiro atoms. The third-order valence-electron chi connectivity index (χ3n) is 5.04. The zero-order valence-corrected chi connectivity index (χ0v) is 16.5. The third-order valence-corrected chi connectivity index (χ3v) is 5.04. The van der Waals surface area contributed by atoms with Gasteiger partial charge >= 0.3 is 0 Å².